The maximum Gasteiger partial charge on any atom is 0.129 e. The minimum atomic E-state index is 0.146. The third-order valence-corrected chi connectivity index (χ3v) is 4.22. The number of nitrogens with one attached hydrogen (secondary N) is 1. The first-order valence-electron chi connectivity index (χ1n) is 8.38. The van der Waals surface area contributed by atoms with Crippen molar-refractivity contribution in [3.63, 3.8) is 0 Å². The van der Waals surface area contributed by atoms with E-state index in [2.05, 4.69) is 57.0 Å². The second-order valence-electron chi connectivity index (χ2n) is 7.30. The summed E-state index contributed by atoms with van der Waals surface area (Å²) in [7, 11) is 0. The molecule has 1 aromatic heterocycles. The van der Waals surface area contributed by atoms with E-state index in [1.807, 2.05) is 0 Å². The van der Waals surface area contributed by atoms with Crippen molar-refractivity contribution in [1.82, 2.24) is 10.3 Å². The van der Waals surface area contributed by atoms with Gasteiger partial charge in [-0.15, -0.1) is 0 Å². The fourth-order valence-corrected chi connectivity index (χ4v) is 3.16. The molecule has 3 nitrogen and oxygen atoms in total. The van der Waals surface area contributed by atoms with Gasteiger partial charge in [0.2, 0.25) is 0 Å². The number of aryl methyl sites for hydroxylation is 1. The maximum atomic E-state index is 4.79. The van der Waals surface area contributed by atoms with Crippen LogP contribution in [-0.4, -0.2) is 23.1 Å². The van der Waals surface area contributed by atoms with Gasteiger partial charge in [-0.2, -0.15) is 0 Å². The molecule has 1 saturated carbocycles. The first kappa shape index (κ1) is 16.3. The summed E-state index contributed by atoms with van der Waals surface area (Å²) >= 11 is 0. The molecule has 1 aromatic rings. The quantitative estimate of drug-likeness (QED) is 0.886. The number of pyridine rings is 1. The van der Waals surface area contributed by atoms with Gasteiger partial charge in [0.15, 0.2) is 0 Å². The number of hydrogen-bond donors (Lipinski definition) is 1. The Morgan fingerprint density at radius 3 is 2.48 bits per heavy atom. The van der Waals surface area contributed by atoms with Crippen LogP contribution in [0.1, 0.15) is 64.6 Å². The molecule has 1 aliphatic carbocycles. The van der Waals surface area contributed by atoms with Gasteiger partial charge in [0, 0.05) is 30.4 Å². The summed E-state index contributed by atoms with van der Waals surface area (Å²) in [6, 6.07) is 5.16. The highest BCUT2D eigenvalue weighted by Crippen LogP contribution is 2.27. The predicted molar refractivity (Wildman–Crippen MR) is 90.8 cm³/mol. The van der Waals surface area contributed by atoms with E-state index in [0.29, 0.717) is 6.04 Å². The molecule has 21 heavy (non-hydrogen) atoms. The van der Waals surface area contributed by atoms with Gasteiger partial charge in [0.25, 0.3) is 0 Å². The van der Waals surface area contributed by atoms with Crippen LogP contribution in [0.2, 0.25) is 0 Å². The standard InChI is InChI=1S/C18H31N3/c1-6-21(16-9-7-8-10-16)17-12-15(11-14(2)20-17)13-19-18(3,4)5/h11-12,16,19H,6-10,13H2,1-5H3. The summed E-state index contributed by atoms with van der Waals surface area (Å²) < 4.78 is 0. The highest BCUT2D eigenvalue weighted by molar-refractivity contribution is 5.44. The van der Waals surface area contributed by atoms with E-state index < -0.39 is 0 Å². The summed E-state index contributed by atoms with van der Waals surface area (Å²) in [6.07, 6.45) is 5.37. The zero-order valence-electron chi connectivity index (χ0n) is 14.4. The second kappa shape index (κ2) is 6.78. The summed E-state index contributed by atoms with van der Waals surface area (Å²) in [5, 5.41) is 3.57. The number of rotatable bonds is 5. The number of hydrogen-bond acceptors (Lipinski definition) is 3. The van der Waals surface area contributed by atoms with E-state index in [1.165, 1.54) is 31.2 Å². The summed E-state index contributed by atoms with van der Waals surface area (Å²) in [4.78, 5) is 7.29. The lowest BCUT2D eigenvalue weighted by Crippen LogP contribution is -2.36. The lowest BCUT2D eigenvalue weighted by atomic mass is 10.1. The Hall–Kier alpha value is -1.09. The average Bonchev–Trinajstić information content (AvgIpc) is 2.90. The zero-order chi connectivity index (χ0) is 15.5. The highest BCUT2D eigenvalue weighted by atomic mass is 15.2. The van der Waals surface area contributed by atoms with Crippen molar-refractivity contribution in [2.24, 2.45) is 0 Å². The molecule has 118 valence electrons. The maximum absolute atomic E-state index is 4.79. The smallest absolute Gasteiger partial charge is 0.129 e. The molecule has 0 radical (unpaired) electrons. The normalized spacial score (nSPS) is 16.4. The van der Waals surface area contributed by atoms with Gasteiger partial charge in [-0.1, -0.05) is 12.8 Å². The third-order valence-electron chi connectivity index (χ3n) is 4.22. The Balaban J connectivity index is 2.16. The molecule has 2 rings (SSSR count). The zero-order valence-corrected chi connectivity index (χ0v) is 14.4. The fraction of sp³-hybridized carbons (Fsp3) is 0.722. The van der Waals surface area contributed by atoms with Crippen molar-refractivity contribution in [3.05, 3.63) is 23.4 Å². The van der Waals surface area contributed by atoms with Crippen LogP contribution < -0.4 is 10.2 Å². The van der Waals surface area contributed by atoms with E-state index in [9.17, 15) is 0 Å². The third kappa shape index (κ3) is 4.70. The molecule has 0 aliphatic heterocycles. The molecule has 0 amide bonds. The van der Waals surface area contributed by atoms with E-state index in [0.717, 1.165) is 24.6 Å². The molecule has 1 heterocycles. The first-order valence-corrected chi connectivity index (χ1v) is 8.38. The van der Waals surface area contributed by atoms with Crippen molar-refractivity contribution in [2.75, 3.05) is 11.4 Å². The lowest BCUT2D eigenvalue weighted by Gasteiger charge is -2.29. The summed E-state index contributed by atoms with van der Waals surface area (Å²) in [6.45, 7) is 12.9. The monoisotopic (exact) mass is 289 g/mol. The Morgan fingerprint density at radius 1 is 1.24 bits per heavy atom. The second-order valence-corrected chi connectivity index (χ2v) is 7.30. The van der Waals surface area contributed by atoms with Gasteiger partial charge in [-0.05, 0) is 65.2 Å². The molecule has 1 N–H and O–H groups in total. The van der Waals surface area contributed by atoms with Crippen molar-refractivity contribution < 1.29 is 0 Å². The minimum Gasteiger partial charge on any atom is -0.354 e. The molecule has 3 heteroatoms. The van der Waals surface area contributed by atoms with Crippen LogP contribution in [0, 0.1) is 6.92 Å². The van der Waals surface area contributed by atoms with Crippen molar-refractivity contribution in [2.45, 2.75) is 78.4 Å². The van der Waals surface area contributed by atoms with E-state index in [1.54, 1.807) is 0 Å². The topological polar surface area (TPSA) is 28.2 Å². The van der Waals surface area contributed by atoms with Gasteiger partial charge >= 0.3 is 0 Å². The number of aromatic nitrogens is 1. The molecule has 0 bridgehead atoms. The molecule has 0 atom stereocenters. The van der Waals surface area contributed by atoms with Crippen LogP contribution in [0.15, 0.2) is 12.1 Å². The first-order chi connectivity index (χ1) is 9.89. The van der Waals surface area contributed by atoms with Crippen LogP contribution in [-0.2, 0) is 6.54 Å². The Morgan fingerprint density at radius 2 is 1.90 bits per heavy atom. The molecule has 0 unspecified atom stereocenters. The van der Waals surface area contributed by atoms with Gasteiger partial charge in [0.05, 0.1) is 0 Å². The van der Waals surface area contributed by atoms with Crippen LogP contribution in [0.5, 0.6) is 0 Å². The molecular formula is C18H31N3. The minimum absolute atomic E-state index is 0.146. The fourth-order valence-electron chi connectivity index (χ4n) is 3.16. The molecular weight excluding hydrogens is 258 g/mol. The predicted octanol–water partition coefficient (Wildman–Crippen LogP) is 4.05. The number of anilines is 1. The lowest BCUT2D eigenvalue weighted by molar-refractivity contribution is 0.424. The van der Waals surface area contributed by atoms with Crippen LogP contribution in [0.4, 0.5) is 5.82 Å². The average molecular weight is 289 g/mol. The molecule has 1 fully saturated rings. The molecule has 0 aromatic carbocycles. The van der Waals surface area contributed by atoms with Crippen LogP contribution in [0.3, 0.4) is 0 Å². The SMILES string of the molecule is CCN(c1cc(CNC(C)(C)C)cc(C)n1)C1CCCC1. The van der Waals surface area contributed by atoms with Crippen molar-refractivity contribution in [3.8, 4) is 0 Å². The molecule has 0 saturated heterocycles. The molecule has 0 spiro atoms. The Kier molecular flexibility index (Phi) is 5.26. The van der Waals surface area contributed by atoms with Gasteiger partial charge in [-0.25, -0.2) is 4.98 Å². The van der Waals surface area contributed by atoms with Gasteiger partial charge in [-0.3, -0.25) is 0 Å². The van der Waals surface area contributed by atoms with E-state index >= 15 is 0 Å². The van der Waals surface area contributed by atoms with Gasteiger partial charge < -0.3 is 10.2 Å². The van der Waals surface area contributed by atoms with E-state index in [-0.39, 0.29) is 5.54 Å². The van der Waals surface area contributed by atoms with Crippen molar-refractivity contribution in [1.29, 1.82) is 0 Å². The Bertz CT molecular complexity index is 456. The largest absolute Gasteiger partial charge is 0.354 e. The van der Waals surface area contributed by atoms with E-state index in [4.69, 9.17) is 4.98 Å². The molecule has 1 aliphatic rings. The highest BCUT2D eigenvalue weighted by Gasteiger charge is 2.23. The summed E-state index contributed by atoms with van der Waals surface area (Å²) in [5.74, 6) is 1.16. The van der Waals surface area contributed by atoms with Crippen LogP contribution >= 0.6 is 0 Å². The van der Waals surface area contributed by atoms with Gasteiger partial charge in [0.1, 0.15) is 5.82 Å². The Labute approximate surface area is 130 Å². The van der Waals surface area contributed by atoms with Crippen molar-refractivity contribution >= 4 is 5.82 Å². The van der Waals surface area contributed by atoms with Crippen LogP contribution in [0.25, 0.3) is 0 Å². The number of nitrogens with zero attached hydrogens (tertiary/aromatic N) is 2. The summed E-state index contributed by atoms with van der Waals surface area (Å²) in [5.41, 5.74) is 2.60.